The number of aliphatic hydroxyl groups is 1. The molecule has 0 amide bonds. The number of carbonyl (C=O) groups excluding carboxylic acids is 1. The van der Waals surface area contributed by atoms with E-state index in [0.29, 0.717) is 39.8 Å². The highest BCUT2D eigenvalue weighted by Gasteiger charge is 2.45. The third-order valence-electron chi connectivity index (χ3n) is 8.32. The third kappa shape index (κ3) is 3.66. The van der Waals surface area contributed by atoms with Gasteiger partial charge in [-0.15, -0.1) is 0 Å². The summed E-state index contributed by atoms with van der Waals surface area (Å²) in [5.41, 5.74) is 3.82. The molecule has 6 rings (SSSR count). The highest BCUT2D eigenvalue weighted by molar-refractivity contribution is 7.99. The van der Waals surface area contributed by atoms with Gasteiger partial charge in [0.25, 0.3) is 5.56 Å². The third-order valence-corrected chi connectivity index (χ3v) is 9.43. The first kappa shape index (κ1) is 25.5. The van der Waals surface area contributed by atoms with Crippen LogP contribution in [-0.2, 0) is 34.7 Å². The zero-order chi connectivity index (χ0) is 26.9. The molecule has 2 N–H and O–H groups in total. The van der Waals surface area contributed by atoms with E-state index < -0.39 is 11.6 Å². The lowest BCUT2D eigenvalue weighted by atomic mass is 9.81. The minimum absolute atomic E-state index is 0.0523. The van der Waals surface area contributed by atoms with Crippen LogP contribution in [0.2, 0.25) is 0 Å². The van der Waals surface area contributed by atoms with E-state index in [-0.39, 0.29) is 36.0 Å². The van der Waals surface area contributed by atoms with Crippen molar-refractivity contribution in [2.24, 2.45) is 0 Å². The van der Waals surface area contributed by atoms with Crippen LogP contribution in [0.5, 0.6) is 0 Å². The summed E-state index contributed by atoms with van der Waals surface area (Å²) >= 11 is 1.90. The van der Waals surface area contributed by atoms with Gasteiger partial charge in [-0.1, -0.05) is 20.8 Å². The van der Waals surface area contributed by atoms with Crippen molar-refractivity contribution in [2.45, 2.75) is 77.0 Å². The zero-order valence-corrected chi connectivity index (χ0v) is 22.9. The van der Waals surface area contributed by atoms with Crippen LogP contribution in [-0.4, -0.2) is 38.2 Å². The molecule has 0 bridgehead atoms. The number of benzene rings is 1. The number of ether oxygens (including phenoxy) is 1. The van der Waals surface area contributed by atoms with E-state index in [2.05, 4.69) is 19.2 Å². The molecule has 1 aromatic carbocycles. The van der Waals surface area contributed by atoms with Crippen molar-refractivity contribution in [3.8, 4) is 11.4 Å². The van der Waals surface area contributed by atoms with Gasteiger partial charge in [0.15, 0.2) is 5.60 Å². The number of nitrogens with zero attached hydrogens (tertiary/aromatic N) is 2. The molecule has 200 valence electrons. The van der Waals surface area contributed by atoms with Gasteiger partial charge in [0.2, 0.25) is 0 Å². The molecular formula is C29H32FN3O4S. The van der Waals surface area contributed by atoms with E-state index in [0.717, 1.165) is 47.2 Å². The Bertz CT molecular complexity index is 1570. The topological polar surface area (TPSA) is 93.5 Å². The van der Waals surface area contributed by atoms with Gasteiger partial charge in [-0.2, -0.15) is 11.8 Å². The van der Waals surface area contributed by atoms with Crippen LogP contribution < -0.4 is 10.9 Å². The Balaban J connectivity index is 1.56. The number of aryl methyl sites for hydroxylation is 1. The predicted molar refractivity (Wildman–Crippen MR) is 146 cm³/mol. The number of cyclic esters (lactones) is 1. The Morgan fingerprint density at radius 1 is 1.29 bits per heavy atom. The molecule has 0 saturated carbocycles. The number of hydrogen-bond donors (Lipinski definition) is 2. The minimum atomic E-state index is -1.88. The first-order chi connectivity index (χ1) is 18.2. The van der Waals surface area contributed by atoms with Crippen LogP contribution in [0.4, 0.5) is 4.39 Å². The van der Waals surface area contributed by atoms with Crippen molar-refractivity contribution in [1.82, 2.24) is 14.9 Å². The second kappa shape index (κ2) is 9.17. The van der Waals surface area contributed by atoms with E-state index in [1.807, 2.05) is 18.7 Å². The van der Waals surface area contributed by atoms with Gasteiger partial charge in [-0.3, -0.25) is 4.79 Å². The summed E-state index contributed by atoms with van der Waals surface area (Å²) in [6.45, 7) is 8.89. The van der Waals surface area contributed by atoms with E-state index in [9.17, 15) is 14.7 Å². The van der Waals surface area contributed by atoms with E-state index in [4.69, 9.17) is 9.72 Å². The molecule has 0 spiro atoms. The quantitative estimate of drug-likeness (QED) is 0.281. The summed E-state index contributed by atoms with van der Waals surface area (Å²) < 4.78 is 21.9. The lowest BCUT2D eigenvalue weighted by Gasteiger charge is -2.31. The molecule has 38 heavy (non-hydrogen) atoms. The molecule has 2 aromatic heterocycles. The van der Waals surface area contributed by atoms with Gasteiger partial charge < -0.3 is 19.7 Å². The Labute approximate surface area is 224 Å². The van der Waals surface area contributed by atoms with Crippen molar-refractivity contribution >= 4 is 28.6 Å². The number of carbonyl (C=O) groups is 1. The number of hydrogen-bond acceptors (Lipinski definition) is 7. The molecule has 0 radical (unpaired) electrons. The van der Waals surface area contributed by atoms with Gasteiger partial charge in [0.05, 0.1) is 29.0 Å². The summed E-state index contributed by atoms with van der Waals surface area (Å²) in [6.07, 6.45) is 1.67. The molecule has 9 heteroatoms. The van der Waals surface area contributed by atoms with Crippen LogP contribution in [0.25, 0.3) is 22.3 Å². The number of rotatable bonds is 6. The molecule has 0 saturated heterocycles. The highest BCUT2D eigenvalue weighted by atomic mass is 32.2. The number of thioether (sulfide) groups is 1. The summed E-state index contributed by atoms with van der Waals surface area (Å²) in [5.74, 6) is -0.0486. The average molecular weight is 538 g/mol. The SMILES string of the molecule is CC[C@@]1(O)C(=O)OCc2c1cc1n(c2=O)Cc2c-1nc1cc(F)c(C)c3c1c2[C@@H](NCCSC(C)C)CC3. The number of esters is 1. The Kier molecular flexibility index (Phi) is 6.16. The minimum Gasteiger partial charge on any atom is -0.458 e. The number of fused-ring (bicyclic) bond motifs is 5. The summed E-state index contributed by atoms with van der Waals surface area (Å²) in [6, 6.07) is 3.26. The Hall–Kier alpha value is -2.75. The van der Waals surface area contributed by atoms with Crippen molar-refractivity contribution in [2.75, 3.05) is 12.3 Å². The Morgan fingerprint density at radius 2 is 2.08 bits per heavy atom. The molecule has 0 fully saturated rings. The average Bonchev–Trinajstić information content (AvgIpc) is 3.26. The molecule has 1 aliphatic carbocycles. The second-order valence-electron chi connectivity index (χ2n) is 10.8. The summed E-state index contributed by atoms with van der Waals surface area (Å²) in [7, 11) is 0. The molecular weight excluding hydrogens is 505 g/mol. The van der Waals surface area contributed by atoms with Crippen LogP contribution in [0, 0.1) is 12.7 Å². The normalized spacial score (nSPS) is 21.4. The lowest BCUT2D eigenvalue weighted by Crippen LogP contribution is -2.44. The van der Waals surface area contributed by atoms with Gasteiger partial charge in [0, 0.05) is 40.9 Å². The summed E-state index contributed by atoms with van der Waals surface area (Å²) in [5, 5.41) is 16.5. The smallest absolute Gasteiger partial charge is 0.343 e. The molecule has 0 unspecified atom stereocenters. The predicted octanol–water partition coefficient (Wildman–Crippen LogP) is 4.25. The summed E-state index contributed by atoms with van der Waals surface area (Å²) in [4.78, 5) is 31.1. The fourth-order valence-electron chi connectivity index (χ4n) is 6.29. The maximum atomic E-state index is 15.0. The number of nitrogens with one attached hydrogen (secondary N) is 1. The zero-order valence-electron chi connectivity index (χ0n) is 22.1. The van der Waals surface area contributed by atoms with Crippen molar-refractivity contribution in [3.63, 3.8) is 0 Å². The van der Waals surface area contributed by atoms with Crippen molar-refractivity contribution in [1.29, 1.82) is 0 Å². The van der Waals surface area contributed by atoms with E-state index >= 15 is 4.39 Å². The monoisotopic (exact) mass is 537 g/mol. The molecule has 4 heterocycles. The first-order valence-corrected chi connectivity index (χ1v) is 14.4. The molecule has 3 aliphatic rings. The maximum absolute atomic E-state index is 15.0. The lowest BCUT2D eigenvalue weighted by molar-refractivity contribution is -0.172. The van der Waals surface area contributed by atoms with Crippen LogP contribution in [0.15, 0.2) is 16.9 Å². The molecule has 3 aromatic rings. The number of aromatic nitrogens is 2. The standard InChI is InChI=1S/C29H32FN3O4S/c1-5-29(36)19-10-23-26-17(12-33(23)27(34)18(19)13-37-28(29)35)25-21(31-8-9-38-14(2)3)7-6-16-15(4)20(30)11-22(32-26)24(16)25/h10-11,14,21,31,36H,5-9,12-13H2,1-4H3/t21-,29-/m0/s1. The van der Waals surface area contributed by atoms with Crippen molar-refractivity contribution in [3.05, 3.63) is 61.7 Å². The number of pyridine rings is 2. The number of halogens is 1. The highest BCUT2D eigenvalue weighted by Crippen LogP contribution is 2.45. The molecule has 2 atom stereocenters. The van der Waals surface area contributed by atoms with E-state index in [1.165, 1.54) is 6.07 Å². The first-order valence-electron chi connectivity index (χ1n) is 13.3. The van der Waals surface area contributed by atoms with Gasteiger partial charge in [-0.05, 0) is 54.2 Å². The fourth-order valence-corrected chi connectivity index (χ4v) is 6.99. The van der Waals surface area contributed by atoms with Crippen LogP contribution >= 0.6 is 11.8 Å². The van der Waals surface area contributed by atoms with Gasteiger partial charge in [-0.25, -0.2) is 14.2 Å². The van der Waals surface area contributed by atoms with Crippen LogP contribution in [0.1, 0.15) is 73.0 Å². The largest absolute Gasteiger partial charge is 0.458 e. The second-order valence-corrected chi connectivity index (χ2v) is 12.5. The van der Waals surface area contributed by atoms with Crippen molar-refractivity contribution < 1.29 is 19.0 Å². The molecule has 2 aliphatic heterocycles. The van der Waals surface area contributed by atoms with Gasteiger partial charge >= 0.3 is 5.97 Å². The fraction of sp³-hybridized carbons (Fsp3) is 0.483. The van der Waals surface area contributed by atoms with E-state index in [1.54, 1.807) is 17.6 Å². The van der Waals surface area contributed by atoms with Crippen LogP contribution in [0.3, 0.4) is 0 Å². The van der Waals surface area contributed by atoms with Gasteiger partial charge in [0.1, 0.15) is 12.4 Å². The maximum Gasteiger partial charge on any atom is 0.343 e. The Morgan fingerprint density at radius 3 is 2.82 bits per heavy atom. The molecule has 7 nitrogen and oxygen atoms in total.